The summed E-state index contributed by atoms with van der Waals surface area (Å²) in [5.41, 5.74) is 2.20. The van der Waals surface area contributed by atoms with Crippen LogP contribution in [-0.2, 0) is 39.5 Å². The number of carbonyl (C=O) groups is 3. The van der Waals surface area contributed by atoms with E-state index in [1.165, 1.54) is 18.2 Å². The van der Waals surface area contributed by atoms with Gasteiger partial charge in [0.1, 0.15) is 11.2 Å². The predicted molar refractivity (Wildman–Crippen MR) is 178 cm³/mol. The lowest BCUT2D eigenvalue weighted by Gasteiger charge is -2.24. The van der Waals surface area contributed by atoms with Crippen LogP contribution < -0.4 is 10.3 Å². The standard InChI is InChI=1S/C32H36N4O11S2/c1-2-15-35(16-6-17-48(40,41)42)21-8-11-25-27(18-21)46-28-20-26(24-19-22(49(43,44)45)9-10-23(24)32(28)34-25)33-14-5-3-4-7-31(39)47-36-29(37)12-13-30(36)38/h8-11,18-20H,2-7,12-17H2,1H3,(H,40,41,42)(H,43,44,45). The molecule has 0 aromatic heterocycles. The van der Waals surface area contributed by atoms with Gasteiger partial charge < -0.3 is 14.2 Å². The lowest BCUT2D eigenvalue weighted by Crippen LogP contribution is -2.31. The average molecular weight is 717 g/mol. The van der Waals surface area contributed by atoms with E-state index in [0.29, 0.717) is 82.6 Å². The summed E-state index contributed by atoms with van der Waals surface area (Å²) in [5, 5.41) is 1.89. The van der Waals surface area contributed by atoms with Crippen molar-refractivity contribution in [1.82, 2.24) is 10.0 Å². The number of anilines is 1. The lowest BCUT2D eigenvalue weighted by atomic mass is 10.0. The quantitative estimate of drug-likeness (QED) is 0.0588. The Bertz CT molecular complexity index is 2150. The van der Waals surface area contributed by atoms with Crippen molar-refractivity contribution in [3.8, 4) is 11.5 Å². The second-order valence-electron chi connectivity index (χ2n) is 11.7. The molecule has 2 N–H and O–H groups in total. The fourth-order valence-corrected chi connectivity index (χ4v) is 6.58. The number of aromatic nitrogens is 1. The Morgan fingerprint density at radius 1 is 0.959 bits per heavy atom. The summed E-state index contributed by atoms with van der Waals surface area (Å²) < 4.78 is 71.6. The van der Waals surface area contributed by atoms with Crippen molar-refractivity contribution in [2.45, 2.75) is 63.2 Å². The fourth-order valence-electron chi connectivity index (χ4n) is 5.58. The number of imide groups is 1. The maximum absolute atomic E-state index is 12.1. The van der Waals surface area contributed by atoms with E-state index in [2.05, 4.69) is 4.99 Å². The molecule has 0 unspecified atom stereocenters. The number of hydrogen-bond acceptors (Lipinski definition) is 12. The van der Waals surface area contributed by atoms with E-state index in [1.807, 2.05) is 17.9 Å². The maximum Gasteiger partial charge on any atom is 0.333 e. The molecule has 0 spiro atoms. The molecule has 49 heavy (non-hydrogen) atoms. The first-order valence-electron chi connectivity index (χ1n) is 15.8. The fraction of sp³-hybridized carbons (Fsp3) is 0.406. The first-order valence-corrected chi connectivity index (χ1v) is 18.8. The van der Waals surface area contributed by atoms with E-state index >= 15 is 0 Å². The SMILES string of the molecule is CCCN(CCCS(=O)(=O)O)c1ccc2nc3c4ccc(S(=O)(=O)O)cc4c(=NCCCCCC(=O)ON4C(=O)CCC4=O)cc-3oc2c1. The van der Waals surface area contributed by atoms with Gasteiger partial charge in [-0.15, -0.1) is 5.06 Å². The van der Waals surface area contributed by atoms with E-state index in [4.69, 9.17) is 18.8 Å². The van der Waals surface area contributed by atoms with Crippen molar-refractivity contribution in [1.29, 1.82) is 0 Å². The van der Waals surface area contributed by atoms with Crippen LogP contribution in [0.25, 0.3) is 33.3 Å². The van der Waals surface area contributed by atoms with E-state index in [1.54, 1.807) is 18.2 Å². The topological polar surface area (TPSA) is 214 Å². The van der Waals surface area contributed by atoms with E-state index in [-0.39, 0.29) is 36.3 Å². The number of rotatable bonds is 15. The minimum absolute atomic E-state index is 0.00349. The Kier molecular flexibility index (Phi) is 11.0. The number of nitrogens with zero attached hydrogens (tertiary/aromatic N) is 4. The number of carbonyl (C=O) groups excluding carboxylic acids is 3. The second-order valence-corrected chi connectivity index (χ2v) is 14.6. The number of unbranched alkanes of at least 4 members (excludes halogenated alkanes) is 2. The first kappa shape index (κ1) is 35.8. The highest BCUT2D eigenvalue weighted by atomic mass is 32.2. The van der Waals surface area contributed by atoms with Gasteiger partial charge in [0.15, 0.2) is 11.3 Å². The summed E-state index contributed by atoms with van der Waals surface area (Å²) in [6.07, 6.45) is 2.61. The van der Waals surface area contributed by atoms with Crippen molar-refractivity contribution in [2.24, 2.45) is 4.99 Å². The predicted octanol–water partition coefficient (Wildman–Crippen LogP) is 3.90. The van der Waals surface area contributed by atoms with Crippen LogP contribution in [0.1, 0.15) is 58.3 Å². The molecule has 5 rings (SSSR count). The molecule has 1 fully saturated rings. The molecule has 2 heterocycles. The summed E-state index contributed by atoms with van der Waals surface area (Å²) >= 11 is 0. The van der Waals surface area contributed by atoms with Gasteiger partial charge in [-0.05, 0) is 49.9 Å². The molecule has 2 aromatic rings. The van der Waals surface area contributed by atoms with Crippen molar-refractivity contribution in [3.05, 3.63) is 47.8 Å². The molecule has 0 bridgehead atoms. The van der Waals surface area contributed by atoms with Gasteiger partial charge in [-0.2, -0.15) is 16.8 Å². The van der Waals surface area contributed by atoms with Crippen LogP contribution in [0.5, 0.6) is 0 Å². The molecule has 1 saturated heterocycles. The van der Waals surface area contributed by atoms with Gasteiger partial charge in [0, 0.05) is 67.5 Å². The van der Waals surface area contributed by atoms with Crippen molar-refractivity contribution in [2.75, 3.05) is 30.3 Å². The summed E-state index contributed by atoms with van der Waals surface area (Å²) in [6.45, 7) is 3.33. The van der Waals surface area contributed by atoms with E-state index in [0.717, 1.165) is 12.1 Å². The van der Waals surface area contributed by atoms with Crippen LogP contribution in [0, 0.1) is 0 Å². The molecular formula is C32H36N4O11S2. The zero-order valence-corrected chi connectivity index (χ0v) is 28.3. The highest BCUT2D eigenvalue weighted by Gasteiger charge is 2.32. The number of hydrogen-bond donors (Lipinski definition) is 2. The van der Waals surface area contributed by atoms with Crippen LogP contribution >= 0.6 is 0 Å². The Balaban J connectivity index is 1.40. The van der Waals surface area contributed by atoms with Gasteiger partial charge in [-0.1, -0.05) is 19.4 Å². The third kappa shape index (κ3) is 8.97. The van der Waals surface area contributed by atoms with Crippen LogP contribution in [0.4, 0.5) is 5.69 Å². The van der Waals surface area contributed by atoms with Crippen LogP contribution in [0.3, 0.4) is 0 Å². The van der Waals surface area contributed by atoms with Gasteiger partial charge >= 0.3 is 5.97 Å². The van der Waals surface area contributed by atoms with Gasteiger partial charge in [0.2, 0.25) is 0 Å². The van der Waals surface area contributed by atoms with Crippen LogP contribution in [-0.4, -0.2) is 79.2 Å². The third-order valence-electron chi connectivity index (χ3n) is 7.93. The first-order chi connectivity index (χ1) is 23.2. The summed E-state index contributed by atoms with van der Waals surface area (Å²) in [4.78, 5) is 51.4. The monoisotopic (exact) mass is 716 g/mol. The molecule has 17 heteroatoms. The third-order valence-corrected chi connectivity index (χ3v) is 9.58. The molecule has 3 aliphatic rings. The molecule has 0 atom stereocenters. The maximum atomic E-state index is 12.1. The minimum atomic E-state index is -4.51. The smallest absolute Gasteiger partial charge is 0.333 e. The van der Waals surface area contributed by atoms with Crippen molar-refractivity contribution < 1.29 is 49.6 Å². The molecular weight excluding hydrogens is 681 g/mol. The summed E-state index contributed by atoms with van der Waals surface area (Å²) in [6, 6.07) is 11.2. The molecule has 0 saturated carbocycles. The number of hydroxylamine groups is 2. The van der Waals surface area contributed by atoms with E-state index in [9.17, 15) is 35.8 Å². The van der Waals surface area contributed by atoms with E-state index < -0.39 is 38.0 Å². The second kappa shape index (κ2) is 15.0. The molecule has 2 aliphatic heterocycles. The molecule has 2 amide bonds. The molecule has 0 radical (unpaired) electrons. The molecule has 262 valence electrons. The Labute approximate surface area is 282 Å². The molecule has 2 aromatic carbocycles. The number of fused-ring (bicyclic) bond motifs is 4. The van der Waals surface area contributed by atoms with Gasteiger partial charge in [-0.25, -0.2) is 9.78 Å². The number of benzene rings is 3. The summed E-state index contributed by atoms with van der Waals surface area (Å²) in [7, 11) is -8.60. The lowest BCUT2D eigenvalue weighted by molar-refractivity contribution is -0.197. The highest BCUT2D eigenvalue weighted by molar-refractivity contribution is 7.86. The average Bonchev–Trinajstić information content (AvgIpc) is 3.35. The van der Waals surface area contributed by atoms with Crippen LogP contribution in [0.15, 0.2) is 56.8 Å². The zero-order chi connectivity index (χ0) is 35.3. The van der Waals surface area contributed by atoms with Crippen molar-refractivity contribution >= 4 is 65.6 Å². The molecule has 15 nitrogen and oxygen atoms in total. The number of amides is 2. The normalized spacial score (nSPS) is 14.4. The minimum Gasteiger partial charge on any atom is -0.453 e. The van der Waals surface area contributed by atoms with Crippen molar-refractivity contribution in [3.63, 3.8) is 0 Å². The zero-order valence-electron chi connectivity index (χ0n) is 26.7. The summed E-state index contributed by atoms with van der Waals surface area (Å²) in [5.74, 6) is -1.75. The van der Waals surface area contributed by atoms with Crippen LogP contribution in [0.2, 0.25) is 0 Å². The largest absolute Gasteiger partial charge is 0.453 e. The molecule has 1 aliphatic carbocycles. The van der Waals surface area contributed by atoms with Gasteiger partial charge in [0.05, 0.1) is 16.0 Å². The highest BCUT2D eigenvalue weighted by Crippen LogP contribution is 2.33. The van der Waals surface area contributed by atoms with Gasteiger partial charge in [-0.3, -0.25) is 23.7 Å². The Morgan fingerprint density at radius 3 is 2.41 bits per heavy atom. The Hall–Kier alpha value is -4.45. The Morgan fingerprint density at radius 2 is 1.71 bits per heavy atom. The van der Waals surface area contributed by atoms with Gasteiger partial charge in [0.25, 0.3) is 32.1 Å².